The average molecular weight is 480 g/mol. The van der Waals surface area contributed by atoms with Gasteiger partial charge in [-0.1, -0.05) is 23.7 Å². The first-order valence-electron chi connectivity index (χ1n) is 10.3. The van der Waals surface area contributed by atoms with E-state index in [4.69, 9.17) is 16.3 Å². The topological polar surface area (TPSA) is 87.7 Å². The van der Waals surface area contributed by atoms with Crippen LogP contribution in [0.2, 0.25) is 0 Å². The van der Waals surface area contributed by atoms with Crippen molar-refractivity contribution >= 4 is 46.4 Å². The van der Waals surface area contributed by atoms with Crippen molar-refractivity contribution in [2.24, 2.45) is 0 Å². The highest BCUT2D eigenvalue weighted by Gasteiger charge is 2.38. The van der Waals surface area contributed by atoms with E-state index < -0.39 is 17.6 Å². The van der Waals surface area contributed by atoms with Crippen molar-refractivity contribution < 1.29 is 23.5 Å². The fraction of sp³-hybridized carbons (Fsp3) is 0.0800. The molecule has 34 heavy (non-hydrogen) atoms. The van der Waals surface area contributed by atoms with Gasteiger partial charge in [0.2, 0.25) is 0 Å². The van der Waals surface area contributed by atoms with E-state index in [-0.39, 0.29) is 22.3 Å². The monoisotopic (exact) mass is 479 g/mol. The Hall–Kier alpha value is -4.17. The molecule has 172 valence electrons. The maximum atomic E-state index is 13.2. The number of hydrogen-bond donors (Lipinski definition) is 2. The maximum Gasteiger partial charge on any atom is 0.283 e. The second-order valence-corrected chi connectivity index (χ2v) is 7.57. The molecule has 1 heterocycles. The standard InChI is InChI=1S/C25H19ClFN3O4/c1-2-34-20-6-4-3-5-19(20)29-23(31)15-7-11-17(12-8-15)28-22-21(26)24(32)30(25(22)33)18-13-9-16(27)10-14-18/h3-14,28H,2H2,1H3,(H,29,31). The Bertz CT molecular complexity index is 1290. The molecule has 2 N–H and O–H groups in total. The van der Waals surface area contributed by atoms with Gasteiger partial charge in [0.1, 0.15) is 22.3 Å². The molecule has 0 atom stereocenters. The molecule has 0 bridgehead atoms. The number of nitrogens with one attached hydrogen (secondary N) is 2. The molecular formula is C25H19ClFN3O4. The van der Waals surface area contributed by atoms with Gasteiger partial charge in [0.15, 0.2) is 0 Å². The second kappa shape index (κ2) is 9.76. The molecule has 0 saturated carbocycles. The van der Waals surface area contributed by atoms with Gasteiger partial charge < -0.3 is 15.4 Å². The van der Waals surface area contributed by atoms with Crippen LogP contribution in [-0.4, -0.2) is 24.3 Å². The third-order valence-corrected chi connectivity index (χ3v) is 5.31. The van der Waals surface area contributed by atoms with Crippen LogP contribution in [0.25, 0.3) is 0 Å². The molecule has 7 nitrogen and oxygen atoms in total. The lowest BCUT2D eigenvalue weighted by molar-refractivity contribution is -0.120. The molecule has 3 aromatic carbocycles. The zero-order valence-corrected chi connectivity index (χ0v) is 18.7. The van der Waals surface area contributed by atoms with Gasteiger partial charge in [0, 0.05) is 11.3 Å². The Morgan fingerprint density at radius 3 is 2.32 bits per heavy atom. The third kappa shape index (κ3) is 4.62. The molecule has 0 aliphatic carbocycles. The van der Waals surface area contributed by atoms with Crippen molar-refractivity contribution in [3.8, 4) is 5.75 Å². The Morgan fingerprint density at radius 2 is 1.65 bits per heavy atom. The van der Waals surface area contributed by atoms with Crippen LogP contribution in [0, 0.1) is 5.82 Å². The smallest absolute Gasteiger partial charge is 0.283 e. The van der Waals surface area contributed by atoms with E-state index in [0.717, 1.165) is 17.0 Å². The Kier molecular flexibility index (Phi) is 6.60. The van der Waals surface area contributed by atoms with Crippen LogP contribution >= 0.6 is 11.6 Å². The van der Waals surface area contributed by atoms with Crippen molar-refractivity contribution in [2.45, 2.75) is 6.92 Å². The van der Waals surface area contributed by atoms with Crippen LogP contribution in [0.3, 0.4) is 0 Å². The highest BCUT2D eigenvalue weighted by Crippen LogP contribution is 2.30. The summed E-state index contributed by atoms with van der Waals surface area (Å²) in [4.78, 5) is 38.8. The van der Waals surface area contributed by atoms with Crippen LogP contribution in [0.15, 0.2) is 83.5 Å². The fourth-order valence-electron chi connectivity index (χ4n) is 3.33. The number of halogens is 2. The quantitative estimate of drug-likeness (QED) is 0.470. The number of carbonyl (C=O) groups is 3. The number of imide groups is 1. The first kappa shape index (κ1) is 23.0. The zero-order valence-electron chi connectivity index (χ0n) is 18.0. The summed E-state index contributed by atoms with van der Waals surface area (Å²) < 4.78 is 18.7. The fourth-order valence-corrected chi connectivity index (χ4v) is 3.54. The molecule has 0 fully saturated rings. The van der Waals surface area contributed by atoms with E-state index in [1.807, 2.05) is 13.0 Å². The first-order valence-corrected chi connectivity index (χ1v) is 10.7. The number of carbonyl (C=O) groups excluding carboxylic acids is 3. The van der Waals surface area contributed by atoms with E-state index in [2.05, 4.69) is 10.6 Å². The molecule has 0 unspecified atom stereocenters. The van der Waals surface area contributed by atoms with Gasteiger partial charge in [0.05, 0.1) is 18.0 Å². The number of amides is 3. The average Bonchev–Trinajstić information content (AvgIpc) is 3.04. The summed E-state index contributed by atoms with van der Waals surface area (Å²) in [6.45, 7) is 2.32. The normalized spacial score (nSPS) is 13.3. The summed E-state index contributed by atoms with van der Waals surface area (Å²) in [5.74, 6) is -1.66. The van der Waals surface area contributed by atoms with Gasteiger partial charge in [0.25, 0.3) is 17.7 Å². The molecule has 4 rings (SSSR count). The molecule has 1 aliphatic rings. The summed E-state index contributed by atoms with van der Waals surface area (Å²) in [6.07, 6.45) is 0. The molecule has 1 aliphatic heterocycles. The predicted molar refractivity (Wildman–Crippen MR) is 127 cm³/mol. The van der Waals surface area contributed by atoms with Gasteiger partial charge in [-0.2, -0.15) is 0 Å². The summed E-state index contributed by atoms with van der Waals surface area (Å²) >= 11 is 6.12. The van der Waals surface area contributed by atoms with Gasteiger partial charge in [-0.05, 0) is 67.6 Å². The number of para-hydroxylation sites is 2. The molecule has 3 amide bonds. The Labute approximate surface area is 199 Å². The summed E-state index contributed by atoms with van der Waals surface area (Å²) in [5.41, 5.74) is 1.45. The molecule has 3 aromatic rings. The van der Waals surface area contributed by atoms with Crippen molar-refractivity contribution in [2.75, 3.05) is 22.1 Å². The summed E-state index contributed by atoms with van der Waals surface area (Å²) in [7, 11) is 0. The van der Waals surface area contributed by atoms with Crippen LogP contribution in [-0.2, 0) is 9.59 Å². The number of ether oxygens (including phenoxy) is 1. The number of benzene rings is 3. The zero-order chi connectivity index (χ0) is 24.2. The second-order valence-electron chi connectivity index (χ2n) is 7.20. The highest BCUT2D eigenvalue weighted by molar-refractivity contribution is 6.53. The first-order chi connectivity index (χ1) is 16.4. The van der Waals surface area contributed by atoms with Gasteiger partial charge in [-0.15, -0.1) is 0 Å². The van der Waals surface area contributed by atoms with Crippen LogP contribution in [0.1, 0.15) is 17.3 Å². The van der Waals surface area contributed by atoms with Gasteiger partial charge in [-0.3, -0.25) is 14.4 Å². The minimum Gasteiger partial charge on any atom is -0.492 e. The van der Waals surface area contributed by atoms with E-state index in [1.54, 1.807) is 42.5 Å². The van der Waals surface area contributed by atoms with E-state index in [9.17, 15) is 18.8 Å². The number of anilines is 3. The number of hydrogen-bond acceptors (Lipinski definition) is 5. The predicted octanol–water partition coefficient (Wildman–Crippen LogP) is 4.91. The minimum absolute atomic E-state index is 0.112. The van der Waals surface area contributed by atoms with E-state index in [1.165, 1.54) is 12.1 Å². The molecule has 0 saturated heterocycles. The Morgan fingerprint density at radius 1 is 0.971 bits per heavy atom. The lowest BCUT2D eigenvalue weighted by atomic mass is 10.1. The molecule has 9 heteroatoms. The highest BCUT2D eigenvalue weighted by atomic mass is 35.5. The maximum absolute atomic E-state index is 13.2. The molecule has 0 radical (unpaired) electrons. The van der Waals surface area contributed by atoms with Crippen molar-refractivity contribution in [3.63, 3.8) is 0 Å². The van der Waals surface area contributed by atoms with Crippen LogP contribution < -0.4 is 20.3 Å². The van der Waals surface area contributed by atoms with Crippen molar-refractivity contribution in [1.82, 2.24) is 0 Å². The largest absolute Gasteiger partial charge is 0.492 e. The van der Waals surface area contributed by atoms with E-state index in [0.29, 0.717) is 29.3 Å². The number of rotatable bonds is 7. The number of nitrogens with zero attached hydrogens (tertiary/aromatic N) is 1. The SMILES string of the molecule is CCOc1ccccc1NC(=O)c1ccc(NC2=C(Cl)C(=O)N(c3ccc(F)cc3)C2=O)cc1. The van der Waals surface area contributed by atoms with Crippen molar-refractivity contribution in [3.05, 3.63) is 94.9 Å². The van der Waals surface area contributed by atoms with Crippen LogP contribution in [0.4, 0.5) is 21.5 Å². The molecule has 0 aromatic heterocycles. The Balaban J connectivity index is 1.47. The summed E-state index contributed by atoms with van der Waals surface area (Å²) in [6, 6.07) is 18.3. The minimum atomic E-state index is -0.718. The van der Waals surface area contributed by atoms with Gasteiger partial charge in [-0.25, -0.2) is 9.29 Å². The molecule has 0 spiro atoms. The summed E-state index contributed by atoms with van der Waals surface area (Å²) in [5, 5.41) is 5.35. The lowest BCUT2D eigenvalue weighted by Crippen LogP contribution is -2.32. The van der Waals surface area contributed by atoms with E-state index >= 15 is 0 Å². The third-order valence-electron chi connectivity index (χ3n) is 4.96. The lowest BCUT2D eigenvalue weighted by Gasteiger charge is -2.15. The van der Waals surface area contributed by atoms with Gasteiger partial charge >= 0.3 is 0 Å². The van der Waals surface area contributed by atoms with Crippen LogP contribution in [0.5, 0.6) is 5.75 Å². The molecular weight excluding hydrogens is 461 g/mol. The van der Waals surface area contributed by atoms with Crippen molar-refractivity contribution in [1.29, 1.82) is 0 Å².